The number of nitrogens with zero attached hydrogens (tertiary/aromatic N) is 3. The fourth-order valence-corrected chi connectivity index (χ4v) is 3.23. The summed E-state index contributed by atoms with van der Waals surface area (Å²) < 4.78 is 2.20. The Labute approximate surface area is 139 Å². The van der Waals surface area contributed by atoms with Gasteiger partial charge in [0.05, 0.1) is 0 Å². The summed E-state index contributed by atoms with van der Waals surface area (Å²) >= 11 is 5.87. The van der Waals surface area contributed by atoms with E-state index in [9.17, 15) is 0 Å². The molecule has 1 aliphatic rings. The molecular weight excluding hydrogens is 433 g/mol. The minimum absolute atomic E-state index is 0.468. The van der Waals surface area contributed by atoms with Crippen molar-refractivity contribution in [2.24, 2.45) is 0 Å². The van der Waals surface area contributed by atoms with Gasteiger partial charge in [-0.1, -0.05) is 15.9 Å². The van der Waals surface area contributed by atoms with Crippen LogP contribution < -0.4 is 10.2 Å². The second-order valence-electron chi connectivity index (χ2n) is 4.91. The SMILES string of the molecule is C[C@H]1CN(c2n[nH]c(-c3cc(I)ccc3Br)n2)CCN1. The molecule has 1 aromatic heterocycles. The third-order valence-electron chi connectivity index (χ3n) is 3.31. The van der Waals surface area contributed by atoms with E-state index < -0.39 is 0 Å². The van der Waals surface area contributed by atoms with Crippen molar-refractivity contribution >= 4 is 44.5 Å². The minimum atomic E-state index is 0.468. The number of nitrogens with one attached hydrogen (secondary N) is 2. The van der Waals surface area contributed by atoms with Crippen LogP contribution in [-0.2, 0) is 0 Å². The van der Waals surface area contributed by atoms with Gasteiger partial charge in [0.2, 0.25) is 5.95 Å². The maximum Gasteiger partial charge on any atom is 0.245 e. The first kappa shape index (κ1) is 14.3. The lowest BCUT2D eigenvalue weighted by molar-refractivity contribution is 0.480. The number of rotatable bonds is 2. The van der Waals surface area contributed by atoms with Crippen LogP contribution in [0.15, 0.2) is 22.7 Å². The summed E-state index contributed by atoms with van der Waals surface area (Å²) in [6.45, 7) is 5.02. The Morgan fingerprint density at radius 2 is 2.30 bits per heavy atom. The maximum atomic E-state index is 4.64. The third kappa shape index (κ3) is 2.99. The van der Waals surface area contributed by atoms with Crippen molar-refractivity contribution in [3.8, 4) is 11.4 Å². The van der Waals surface area contributed by atoms with Gasteiger partial charge in [0.25, 0.3) is 0 Å². The normalized spacial score (nSPS) is 19.4. The molecule has 7 heteroatoms. The minimum Gasteiger partial charge on any atom is -0.337 e. The maximum absolute atomic E-state index is 4.64. The van der Waals surface area contributed by atoms with Crippen LogP contribution in [0.4, 0.5) is 5.95 Å². The monoisotopic (exact) mass is 447 g/mol. The van der Waals surface area contributed by atoms with Crippen LogP contribution in [0, 0.1) is 3.57 Å². The summed E-state index contributed by atoms with van der Waals surface area (Å²) in [5, 5.41) is 10.8. The van der Waals surface area contributed by atoms with Gasteiger partial charge >= 0.3 is 0 Å². The Kier molecular flexibility index (Phi) is 4.27. The fourth-order valence-electron chi connectivity index (χ4n) is 2.31. The number of aromatic amines is 1. The van der Waals surface area contributed by atoms with Crippen molar-refractivity contribution < 1.29 is 0 Å². The van der Waals surface area contributed by atoms with Crippen molar-refractivity contribution in [1.82, 2.24) is 20.5 Å². The lowest BCUT2D eigenvalue weighted by Crippen LogP contribution is -2.49. The molecule has 0 bridgehead atoms. The van der Waals surface area contributed by atoms with Crippen molar-refractivity contribution in [3.05, 3.63) is 26.2 Å². The fraction of sp³-hybridized carbons (Fsp3) is 0.385. The van der Waals surface area contributed by atoms with E-state index in [1.165, 1.54) is 3.57 Å². The van der Waals surface area contributed by atoms with Crippen LogP contribution in [-0.4, -0.2) is 40.9 Å². The van der Waals surface area contributed by atoms with Gasteiger partial charge in [0.1, 0.15) is 0 Å². The summed E-state index contributed by atoms with van der Waals surface area (Å²) in [5.74, 6) is 1.58. The molecular formula is C13H15BrIN5. The van der Waals surface area contributed by atoms with E-state index in [2.05, 4.69) is 83.0 Å². The van der Waals surface area contributed by atoms with Gasteiger partial charge in [-0.25, -0.2) is 0 Å². The van der Waals surface area contributed by atoms with E-state index in [0.29, 0.717) is 6.04 Å². The topological polar surface area (TPSA) is 56.8 Å². The molecule has 0 spiro atoms. The molecule has 1 fully saturated rings. The van der Waals surface area contributed by atoms with E-state index in [1.54, 1.807) is 0 Å². The molecule has 0 amide bonds. The van der Waals surface area contributed by atoms with Crippen molar-refractivity contribution in [2.75, 3.05) is 24.5 Å². The lowest BCUT2D eigenvalue weighted by Gasteiger charge is -2.30. The zero-order valence-corrected chi connectivity index (χ0v) is 14.8. The molecule has 3 rings (SSSR count). The first-order valence-electron chi connectivity index (χ1n) is 6.49. The van der Waals surface area contributed by atoms with Crippen LogP contribution in [0.25, 0.3) is 11.4 Å². The largest absolute Gasteiger partial charge is 0.337 e. The van der Waals surface area contributed by atoms with Gasteiger partial charge in [-0.2, -0.15) is 4.98 Å². The predicted octanol–water partition coefficient (Wildman–Crippen LogP) is 2.64. The van der Waals surface area contributed by atoms with E-state index in [0.717, 1.165) is 41.4 Å². The summed E-state index contributed by atoms with van der Waals surface area (Å²) in [7, 11) is 0. The van der Waals surface area contributed by atoms with Crippen LogP contribution in [0.3, 0.4) is 0 Å². The first-order chi connectivity index (χ1) is 9.63. The highest BCUT2D eigenvalue weighted by molar-refractivity contribution is 14.1. The molecule has 0 saturated carbocycles. The van der Waals surface area contributed by atoms with Crippen molar-refractivity contribution in [3.63, 3.8) is 0 Å². The number of piperazine rings is 1. The average molecular weight is 448 g/mol. The molecule has 2 heterocycles. The summed E-state index contributed by atoms with van der Waals surface area (Å²) in [6, 6.07) is 6.65. The predicted molar refractivity (Wildman–Crippen MR) is 91.9 cm³/mol. The Morgan fingerprint density at radius 1 is 1.45 bits per heavy atom. The van der Waals surface area contributed by atoms with Gasteiger partial charge in [-0.3, -0.25) is 5.10 Å². The van der Waals surface area contributed by atoms with Crippen LogP contribution in [0.1, 0.15) is 6.92 Å². The molecule has 0 aliphatic carbocycles. The lowest BCUT2D eigenvalue weighted by atomic mass is 10.2. The van der Waals surface area contributed by atoms with Gasteiger partial charge < -0.3 is 10.2 Å². The van der Waals surface area contributed by atoms with Gasteiger partial charge in [0.15, 0.2) is 5.82 Å². The Balaban J connectivity index is 1.88. The second-order valence-corrected chi connectivity index (χ2v) is 7.01. The van der Waals surface area contributed by atoms with Gasteiger partial charge in [-0.05, 0) is 47.7 Å². The zero-order chi connectivity index (χ0) is 14.1. The average Bonchev–Trinajstić information content (AvgIpc) is 2.91. The zero-order valence-electron chi connectivity index (χ0n) is 11.0. The molecule has 1 atom stereocenters. The third-order valence-corrected chi connectivity index (χ3v) is 4.67. The first-order valence-corrected chi connectivity index (χ1v) is 8.37. The highest BCUT2D eigenvalue weighted by atomic mass is 127. The number of aromatic nitrogens is 3. The number of hydrogen-bond acceptors (Lipinski definition) is 4. The molecule has 1 aliphatic heterocycles. The molecule has 2 aromatic rings. The second kappa shape index (κ2) is 5.98. The van der Waals surface area contributed by atoms with Crippen molar-refractivity contribution in [2.45, 2.75) is 13.0 Å². The number of hydrogen-bond donors (Lipinski definition) is 2. The summed E-state index contributed by atoms with van der Waals surface area (Å²) in [4.78, 5) is 6.85. The molecule has 1 aromatic carbocycles. The Morgan fingerprint density at radius 3 is 3.10 bits per heavy atom. The highest BCUT2D eigenvalue weighted by Crippen LogP contribution is 2.28. The van der Waals surface area contributed by atoms with Crippen LogP contribution in [0.2, 0.25) is 0 Å². The molecule has 106 valence electrons. The van der Waals surface area contributed by atoms with Crippen LogP contribution >= 0.6 is 38.5 Å². The number of benzene rings is 1. The molecule has 20 heavy (non-hydrogen) atoms. The molecule has 0 unspecified atom stereocenters. The molecule has 0 radical (unpaired) electrons. The molecule has 1 saturated heterocycles. The summed E-state index contributed by atoms with van der Waals surface area (Å²) in [5.41, 5.74) is 1.04. The highest BCUT2D eigenvalue weighted by Gasteiger charge is 2.20. The van der Waals surface area contributed by atoms with Gasteiger partial charge in [0, 0.05) is 39.3 Å². The van der Waals surface area contributed by atoms with E-state index in [4.69, 9.17) is 0 Å². The smallest absolute Gasteiger partial charge is 0.245 e. The quantitative estimate of drug-likeness (QED) is 0.695. The standard InChI is InChI=1S/C13H15BrIN5/c1-8-7-20(5-4-16-8)13-17-12(18-19-13)10-6-9(15)2-3-11(10)14/h2-3,6,8,16H,4-5,7H2,1H3,(H,17,18,19)/t8-/m0/s1. The number of anilines is 1. The molecule has 2 N–H and O–H groups in total. The Hall–Kier alpha value is -0.670. The summed E-state index contributed by atoms with van der Waals surface area (Å²) in [6.07, 6.45) is 0. The van der Waals surface area contributed by atoms with E-state index in [-0.39, 0.29) is 0 Å². The molecule has 5 nitrogen and oxygen atoms in total. The van der Waals surface area contributed by atoms with Crippen molar-refractivity contribution in [1.29, 1.82) is 0 Å². The van der Waals surface area contributed by atoms with Gasteiger partial charge in [-0.15, -0.1) is 5.10 Å². The number of halogens is 2. The van der Waals surface area contributed by atoms with E-state index in [1.807, 2.05) is 6.07 Å². The number of H-pyrrole nitrogens is 1. The van der Waals surface area contributed by atoms with Crippen LogP contribution in [0.5, 0.6) is 0 Å². The van der Waals surface area contributed by atoms with E-state index >= 15 is 0 Å². The Bertz CT molecular complexity index is 615.